The van der Waals surface area contributed by atoms with E-state index in [0.717, 1.165) is 16.0 Å². The van der Waals surface area contributed by atoms with Crippen LogP contribution in [0.1, 0.15) is 38.7 Å². The van der Waals surface area contributed by atoms with Gasteiger partial charge in [-0.25, -0.2) is 4.98 Å². The Morgan fingerprint density at radius 3 is 2.80 bits per heavy atom. The van der Waals surface area contributed by atoms with Crippen LogP contribution in [-0.2, 0) is 21.1 Å². The van der Waals surface area contributed by atoms with Crippen LogP contribution in [0.2, 0.25) is 0 Å². The predicted octanol–water partition coefficient (Wildman–Crippen LogP) is 5.97. The molecule has 4 nitrogen and oxygen atoms in total. The number of para-hydroxylation sites is 1. The summed E-state index contributed by atoms with van der Waals surface area (Å²) in [6, 6.07) is 18.7. The maximum Gasteiger partial charge on any atom is 0.217 e. The molecule has 0 amide bonds. The first kappa shape index (κ1) is 21.4. The van der Waals surface area contributed by atoms with Gasteiger partial charge in [0.15, 0.2) is 0 Å². The number of ether oxygens (including phenoxy) is 1. The van der Waals surface area contributed by atoms with Crippen LogP contribution in [0, 0.1) is 11.5 Å². The van der Waals surface area contributed by atoms with Crippen LogP contribution < -0.4 is 4.74 Å². The number of aliphatic imine (C=N–C) groups is 1. The summed E-state index contributed by atoms with van der Waals surface area (Å²) in [4.78, 5) is 9.53. The molecule has 0 bridgehead atoms. The van der Waals surface area contributed by atoms with Gasteiger partial charge >= 0.3 is 0 Å². The topological polar surface area (TPSA) is 54.7 Å². The Kier molecular flexibility index (Phi) is 5.96. The number of aromatic hydroxyl groups is 1. The molecule has 6 heteroatoms. The van der Waals surface area contributed by atoms with Gasteiger partial charge in [-0.1, -0.05) is 38.5 Å². The van der Waals surface area contributed by atoms with Gasteiger partial charge in [0, 0.05) is 48.6 Å². The molecule has 2 aromatic carbocycles. The van der Waals surface area contributed by atoms with E-state index < -0.39 is 0 Å². The first-order valence-corrected chi connectivity index (χ1v) is 10.9. The molecule has 2 aliphatic rings. The van der Waals surface area contributed by atoms with Gasteiger partial charge in [-0.3, -0.25) is 0 Å². The van der Waals surface area contributed by atoms with Crippen molar-refractivity contribution in [1.82, 2.24) is 4.98 Å². The van der Waals surface area contributed by atoms with Gasteiger partial charge in [0.1, 0.15) is 11.3 Å². The van der Waals surface area contributed by atoms with Crippen LogP contribution in [0.4, 0.5) is 0 Å². The van der Waals surface area contributed by atoms with E-state index in [-0.39, 0.29) is 32.2 Å². The summed E-state index contributed by atoms with van der Waals surface area (Å²) in [6.45, 7) is 4.67. The molecule has 158 valence electrons. The number of fused-ring (bicyclic) bond motifs is 2. The van der Waals surface area contributed by atoms with Crippen LogP contribution in [0.5, 0.6) is 17.4 Å². The second-order valence-corrected chi connectivity index (χ2v) is 9.67. The molecule has 1 aromatic heterocycles. The van der Waals surface area contributed by atoms with E-state index in [9.17, 15) is 5.11 Å². The predicted molar refractivity (Wildman–Crippen MR) is 118 cm³/mol. The fourth-order valence-corrected chi connectivity index (χ4v) is 5.85. The maximum absolute atomic E-state index is 10.0. The van der Waals surface area contributed by atoms with Gasteiger partial charge < -0.3 is 14.8 Å². The van der Waals surface area contributed by atoms with Crippen LogP contribution in [0.3, 0.4) is 0 Å². The summed E-state index contributed by atoms with van der Waals surface area (Å²) in [7, 11) is 0. The summed E-state index contributed by atoms with van der Waals surface area (Å²) >= 11 is 1.88. The quantitative estimate of drug-likeness (QED) is 0.378. The van der Waals surface area contributed by atoms with E-state index in [2.05, 4.69) is 24.9 Å². The minimum absolute atomic E-state index is 0. The fourth-order valence-electron chi connectivity index (χ4n) is 4.30. The monoisotopic (exact) mass is 598 g/mol. The standard InChI is InChI=1S/C24H23N2O2S.Pt/c1-24(2)13-5-10-19-22(24)26-23(29-19)16-7-3-8-17(14-16)28-20-12-11-15-6-4-9-18(27)21(15)25-20;/h3-4,6-9,11-12,19,22,27H,5,10,13H2,1-2H3;/q-1;/t19-,22+;/m0./s1. The SMILES string of the molecule is CC1(C)CCC[C@@H]2SC(c3[c-]c(Oc4ccc5cccc(O)c5n4)ccc3)=N[C@H]21.[Pt]. The summed E-state index contributed by atoms with van der Waals surface area (Å²) in [6.07, 6.45) is 3.74. The van der Waals surface area contributed by atoms with Gasteiger partial charge in [0.2, 0.25) is 5.88 Å². The summed E-state index contributed by atoms with van der Waals surface area (Å²) in [5.74, 6) is 1.18. The van der Waals surface area contributed by atoms with Crippen molar-refractivity contribution in [3.8, 4) is 17.4 Å². The van der Waals surface area contributed by atoms with Crippen molar-refractivity contribution in [2.75, 3.05) is 0 Å². The number of phenolic OH excluding ortho intramolecular Hbond substituents is 1. The molecular weight excluding hydrogens is 575 g/mol. The number of aromatic nitrogens is 1. The zero-order valence-corrected chi connectivity index (χ0v) is 20.0. The number of hydrogen-bond donors (Lipinski definition) is 1. The normalized spacial score (nSPS) is 22.1. The van der Waals surface area contributed by atoms with Crippen molar-refractivity contribution >= 4 is 27.7 Å². The van der Waals surface area contributed by atoms with Crippen molar-refractivity contribution < 1.29 is 30.9 Å². The van der Waals surface area contributed by atoms with E-state index in [0.29, 0.717) is 28.4 Å². The third-order valence-electron chi connectivity index (χ3n) is 5.87. The van der Waals surface area contributed by atoms with Crippen LogP contribution >= 0.6 is 11.8 Å². The van der Waals surface area contributed by atoms with Crippen molar-refractivity contribution in [1.29, 1.82) is 0 Å². The molecule has 30 heavy (non-hydrogen) atoms. The van der Waals surface area contributed by atoms with E-state index in [1.165, 1.54) is 19.3 Å². The Morgan fingerprint density at radius 2 is 1.97 bits per heavy atom. The molecular formula is C24H23N2O2PtS-. The Bertz CT molecular complexity index is 1120. The van der Waals surface area contributed by atoms with Crippen molar-refractivity contribution in [3.63, 3.8) is 0 Å². The van der Waals surface area contributed by atoms with E-state index in [1.54, 1.807) is 18.2 Å². The van der Waals surface area contributed by atoms with Gasteiger partial charge in [0.25, 0.3) is 0 Å². The van der Waals surface area contributed by atoms with E-state index in [4.69, 9.17) is 9.73 Å². The largest absolute Gasteiger partial charge is 0.506 e. The van der Waals surface area contributed by atoms with Crippen LogP contribution in [0.25, 0.3) is 10.9 Å². The number of nitrogens with zero attached hydrogens (tertiary/aromatic N) is 2. The molecule has 0 radical (unpaired) electrons. The van der Waals surface area contributed by atoms with Gasteiger partial charge in [-0.2, -0.15) is 11.8 Å². The minimum atomic E-state index is 0. The van der Waals surface area contributed by atoms with Crippen molar-refractivity contribution in [2.45, 2.75) is 44.4 Å². The maximum atomic E-state index is 10.0. The van der Waals surface area contributed by atoms with E-state index in [1.807, 2.05) is 42.1 Å². The average Bonchev–Trinajstić information content (AvgIpc) is 3.15. The second-order valence-electron chi connectivity index (χ2n) is 8.45. The van der Waals surface area contributed by atoms with Crippen molar-refractivity contribution in [3.05, 3.63) is 60.2 Å². The molecule has 0 unspecified atom stereocenters. The number of phenols is 1. The number of pyridine rings is 1. The number of benzene rings is 2. The number of thioether (sulfide) groups is 1. The van der Waals surface area contributed by atoms with Gasteiger partial charge in [-0.15, -0.1) is 23.8 Å². The van der Waals surface area contributed by atoms with Gasteiger partial charge in [0.05, 0.1) is 6.04 Å². The third-order valence-corrected chi connectivity index (χ3v) is 7.21. The average molecular weight is 599 g/mol. The number of hydrogen-bond acceptors (Lipinski definition) is 5. The van der Waals surface area contributed by atoms with Gasteiger partial charge in [-0.05, 0) is 30.4 Å². The Morgan fingerprint density at radius 1 is 1.13 bits per heavy atom. The van der Waals surface area contributed by atoms with E-state index >= 15 is 0 Å². The Hall–Kier alpha value is -1.84. The smallest absolute Gasteiger partial charge is 0.217 e. The summed E-state index contributed by atoms with van der Waals surface area (Å²) in [5.41, 5.74) is 1.76. The molecule has 5 rings (SSSR count). The first-order chi connectivity index (χ1) is 14.0. The first-order valence-electron chi connectivity index (χ1n) is 10.0. The molecule has 3 aromatic rings. The molecule has 1 N–H and O–H groups in total. The summed E-state index contributed by atoms with van der Waals surface area (Å²) < 4.78 is 5.96. The number of rotatable bonds is 3. The Labute approximate surface area is 195 Å². The third kappa shape index (κ3) is 4.02. The molecule has 1 fully saturated rings. The molecule has 2 heterocycles. The van der Waals surface area contributed by atoms with Crippen molar-refractivity contribution in [2.24, 2.45) is 10.4 Å². The molecule has 1 aliphatic carbocycles. The zero-order valence-electron chi connectivity index (χ0n) is 16.9. The zero-order chi connectivity index (χ0) is 20.0. The Balaban J connectivity index is 0.00000218. The molecule has 1 saturated carbocycles. The second kappa shape index (κ2) is 8.36. The molecule has 0 saturated heterocycles. The fraction of sp³-hybridized carbons (Fsp3) is 0.333. The molecule has 2 atom stereocenters. The molecule has 0 spiro atoms. The minimum Gasteiger partial charge on any atom is -0.506 e. The molecule has 1 aliphatic heterocycles. The van der Waals surface area contributed by atoms with Crippen LogP contribution in [-0.4, -0.2) is 26.4 Å². The van der Waals surface area contributed by atoms with Crippen LogP contribution in [0.15, 0.2) is 53.5 Å². The summed E-state index contributed by atoms with van der Waals surface area (Å²) in [5, 5.41) is 12.5.